The Labute approximate surface area is 115 Å². The van der Waals surface area contributed by atoms with Gasteiger partial charge in [-0.05, 0) is 43.8 Å². The first-order valence-electron chi connectivity index (χ1n) is 7.20. The molecule has 1 saturated heterocycles. The average Bonchev–Trinajstić information content (AvgIpc) is 2.42. The van der Waals surface area contributed by atoms with Crippen LogP contribution in [0.15, 0.2) is 30.3 Å². The van der Waals surface area contributed by atoms with Crippen LogP contribution < -0.4 is 5.73 Å². The molecular formula is C16H24N2O. The molecule has 1 unspecified atom stereocenters. The van der Waals surface area contributed by atoms with Crippen LogP contribution in [0.2, 0.25) is 0 Å². The fraction of sp³-hybridized carbons (Fsp3) is 0.562. The molecule has 1 fully saturated rings. The van der Waals surface area contributed by atoms with E-state index in [0.717, 1.165) is 25.6 Å². The lowest BCUT2D eigenvalue weighted by atomic mass is 9.90. The highest BCUT2D eigenvalue weighted by Gasteiger charge is 2.21. The van der Waals surface area contributed by atoms with Gasteiger partial charge in [0, 0.05) is 12.5 Å². The van der Waals surface area contributed by atoms with E-state index in [1.165, 1.54) is 24.8 Å². The number of likely N-dealkylation sites (tertiary alicyclic amines) is 1. The van der Waals surface area contributed by atoms with Crippen LogP contribution in [0.5, 0.6) is 0 Å². The van der Waals surface area contributed by atoms with Crippen molar-refractivity contribution in [1.82, 2.24) is 4.90 Å². The Morgan fingerprint density at radius 1 is 1.32 bits per heavy atom. The molecule has 0 aliphatic carbocycles. The van der Waals surface area contributed by atoms with Crippen LogP contribution in [-0.2, 0) is 11.2 Å². The molecule has 1 heterocycles. The predicted octanol–water partition coefficient (Wildman–Crippen LogP) is 2.06. The minimum absolute atomic E-state index is 0.0364. The molecule has 1 aromatic carbocycles. The first-order valence-corrected chi connectivity index (χ1v) is 7.20. The fourth-order valence-corrected chi connectivity index (χ4v) is 2.80. The Balaban J connectivity index is 1.75. The number of carbonyl (C=O) groups is 1. The number of hydrogen-bond acceptors (Lipinski definition) is 2. The number of primary amides is 1. The third-order valence-corrected chi connectivity index (χ3v) is 4.09. The standard InChI is InChI=1S/C16H24N2O/c1-13(16(17)19)12-18-9-7-15(8-10-18)11-14-5-3-2-4-6-14/h2-6,13,15H,7-12H2,1H3,(H2,17,19). The van der Waals surface area contributed by atoms with Crippen molar-refractivity contribution in [1.29, 1.82) is 0 Å². The van der Waals surface area contributed by atoms with Crippen molar-refractivity contribution in [3.8, 4) is 0 Å². The number of nitrogens with zero attached hydrogens (tertiary/aromatic N) is 1. The monoisotopic (exact) mass is 260 g/mol. The maximum Gasteiger partial charge on any atom is 0.221 e. The maximum absolute atomic E-state index is 11.1. The third kappa shape index (κ3) is 4.35. The van der Waals surface area contributed by atoms with E-state index in [9.17, 15) is 4.79 Å². The molecule has 19 heavy (non-hydrogen) atoms. The van der Waals surface area contributed by atoms with E-state index in [4.69, 9.17) is 5.73 Å². The van der Waals surface area contributed by atoms with Gasteiger partial charge in [0.25, 0.3) is 0 Å². The lowest BCUT2D eigenvalue weighted by Crippen LogP contribution is -2.40. The van der Waals surface area contributed by atoms with Gasteiger partial charge in [0.15, 0.2) is 0 Å². The summed E-state index contributed by atoms with van der Waals surface area (Å²) in [5.74, 6) is 0.555. The second-order valence-electron chi connectivity index (χ2n) is 5.74. The zero-order chi connectivity index (χ0) is 13.7. The second-order valence-corrected chi connectivity index (χ2v) is 5.74. The number of piperidine rings is 1. The van der Waals surface area contributed by atoms with E-state index in [1.807, 2.05) is 6.92 Å². The van der Waals surface area contributed by atoms with E-state index < -0.39 is 0 Å². The highest BCUT2D eigenvalue weighted by Crippen LogP contribution is 2.22. The van der Waals surface area contributed by atoms with E-state index in [-0.39, 0.29) is 11.8 Å². The normalized spacial score (nSPS) is 19.2. The van der Waals surface area contributed by atoms with Gasteiger partial charge < -0.3 is 10.6 Å². The van der Waals surface area contributed by atoms with Crippen LogP contribution in [0, 0.1) is 11.8 Å². The van der Waals surface area contributed by atoms with Crippen LogP contribution in [0.3, 0.4) is 0 Å². The van der Waals surface area contributed by atoms with Crippen molar-refractivity contribution in [2.24, 2.45) is 17.6 Å². The summed E-state index contributed by atoms with van der Waals surface area (Å²) in [6.45, 7) is 4.91. The minimum Gasteiger partial charge on any atom is -0.369 e. The van der Waals surface area contributed by atoms with Gasteiger partial charge in [-0.1, -0.05) is 37.3 Å². The van der Waals surface area contributed by atoms with Crippen molar-refractivity contribution >= 4 is 5.91 Å². The summed E-state index contributed by atoms with van der Waals surface area (Å²) in [6.07, 6.45) is 3.63. The molecule has 2 N–H and O–H groups in total. The molecule has 1 aliphatic heterocycles. The number of carbonyl (C=O) groups excluding carboxylic acids is 1. The lowest BCUT2D eigenvalue weighted by Gasteiger charge is -2.33. The SMILES string of the molecule is CC(CN1CCC(Cc2ccccc2)CC1)C(N)=O. The molecule has 0 aromatic heterocycles. The smallest absolute Gasteiger partial charge is 0.221 e. The fourth-order valence-electron chi connectivity index (χ4n) is 2.80. The van der Waals surface area contributed by atoms with Crippen LogP contribution in [0.1, 0.15) is 25.3 Å². The molecule has 1 amide bonds. The Bertz CT molecular complexity index is 396. The highest BCUT2D eigenvalue weighted by molar-refractivity contribution is 5.76. The molecule has 0 radical (unpaired) electrons. The quantitative estimate of drug-likeness (QED) is 0.881. The Hall–Kier alpha value is -1.35. The molecule has 3 heteroatoms. The van der Waals surface area contributed by atoms with Crippen LogP contribution in [-0.4, -0.2) is 30.4 Å². The largest absolute Gasteiger partial charge is 0.369 e. The molecule has 0 bridgehead atoms. The number of amides is 1. The predicted molar refractivity (Wildman–Crippen MR) is 77.7 cm³/mol. The zero-order valence-electron chi connectivity index (χ0n) is 11.7. The van der Waals surface area contributed by atoms with Crippen molar-refractivity contribution < 1.29 is 4.79 Å². The number of nitrogens with two attached hydrogens (primary N) is 1. The van der Waals surface area contributed by atoms with Gasteiger partial charge in [-0.25, -0.2) is 0 Å². The van der Waals surface area contributed by atoms with Gasteiger partial charge in [-0.3, -0.25) is 4.79 Å². The van der Waals surface area contributed by atoms with Gasteiger partial charge in [0.1, 0.15) is 0 Å². The number of rotatable bonds is 5. The van der Waals surface area contributed by atoms with Gasteiger partial charge in [0.05, 0.1) is 0 Å². The van der Waals surface area contributed by atoms with Gasteiger partial charge in [-0.15, -0.1) is 0 Å². The number of hydrogen-bond donors (Lipinski definition) is 1. The summed E-state index contributed by atoms with van der Waals surface area (Å²) in [4.78, 5) is 13.4. The molecule has 1 atom stereocenters. The lowest BCUT2D eigenvalue weighted by molar-refractivity contribution is -0.121. The molecule has 1 aliphatic rings. The van der Waals surface area contributed by atoms with Crippen molar-refractivity contribution in [3.63, 3.8) is 0 Å². The summed E-state index contributed by atoms with van der Waals surface area (Å²) in [5, 5.41) is 0. The summed E-state index contributed by atoms with van der Waals surface area (Å²) < 4.78 is 0. The maximum atomic E-state index is 11.1. The van der Waals surface area contributed by atoms with Crippen molar-refractivity contribution in [2.45, 2.75) is 26.2 Å². The molecule has 1 aromatic rings. The Kier molecular flexibility index (Phi) is 4.97. The highest BCUT2D eigenvalue weighted by atomic mass is 16.1. The molecule has 2 rings (SSSR count). The average molecular weight is 260 g/mol. The van der Waals surface area contributed by atoms with Crippen LogP contribution in [0.4, 0.5) is 0 Å². The molecule has 0 saturated carbocycles. The van der Waals surface area contributed by atoms with E-state index in [2.05, 4.69) is 35.2 Å². The Morgan fingerprint density at radius 3 is 2.53 bits per heavy atom. The summed E-state index contributed by atoms with van der Waals surface area (Å²) >= 11 is 0. The van der Waals surface area contributed by atoms with E-state index in [0.29, 0.717) is 0 Å². The number of benzene rings is 1. The van der Waals surface area contributed by atoms with Crippen molar-refractivity contribution in [3.05, 3.63) is 35.9 Å². The van der Waals surface area contributed by atoms with Gasteiger partial charge in [-0.2, -0.15) is 0 Å². The topological polar surface area (TPSA) is 46.3 Å². The molecule has 0 spiro atoms. The zero-order valence-corrected chi connectivity index (χ0v) is 11.7. The van der Waals surface area contributed by atoms with Gasteiger partial charge >= 0.3 is 0 Å². The Morgan fingerprint density at radius 2 is 1.95 bits per heavy atom. The summed E-state index contributed by atoms with van der Waals surface area (Å²) in [7, 11) is 0. The first kappa shape index (κ1) is 14.1. The summed E-state index contributed by atoms with van der Waals surface area (Å²) in [5.41, 5.74) is 6.75. The molecule has 104 valence electrons. The van der Waals surface area contributed by atoms with Crippen LogP contribution in [0.25, 0.3) is 0 Å². The van der Waals surface area contributed by atoms with E-state index >= 15 is 0 Å². The molecule has 3 nitrogen and oxygen atoms in total. The third-order valence-electron chi connectivity index (χ3n) is 4.09. The van der Waals surface area contributed by atoms with E-state index in [1.54, 1.807) is 0 Å². The van der Waals surface area contributed by atoms with Gasteiger partial charge in [0.2, 0.25) is 5.91 Å². The first-order chi connectivity index (χ1) is 9.15. The second kappa shape index (κ2) is 6.71. The molecular weight excluding hydrogens is 236 g/mol. The summed E-state index contributed by atoms with van der Waals surface area (Å²) in [6, 6.07) is 10.7. The minimum atomic E-state index is -0.189. The van der Waals surface area contributed by atoms with Crippen LogP contribution >= 0.6 is 0 Å². The van der Waals surface area contributed by atoms with Crippen molar-refractivity contribution in [2.75, 3.05) is 19.6 Å².